The molecule has 0 bridgehead atoms. The number of aryl methyl sites for hydroxylation is 1. The molecule has 0 aliphatic rings. The highest BCUT2D eigenvalue weighted by Gasteiger charge is 2.08. The lowest BCUT2D eigenvalue weighted by atomic mass is 10.2. The Labute approximate surface area is 83.1 Å². The molecule has 1 aromatic heterocycles. The van der Waals surface area contributed by atoms with Crippen molar-refractivity contribution >= 4 is 11.8 Å². The Morgan fingerprint density at radius 2 is 2.46 bits per heavy atom. The summed E-state index contributed by atoms with van der Waals surface area (Å²) in [5.41, 5.74) is 0.927. The maximum atomic E-state index is 9.69. The van der Waals surface area contributed by atoms with Gasteiger partial charge in [-0.1, -0.05) is 0 Å². The van der Waals surface area contributed by atoms with Crippen LogP contribution in [0.2, 0.25) is 0 Å². The molecule has 0 fully saturated rings. The summed E-state index contributed by atoms with van der Waals surface area (Å²) in [5, 5.41) is 13.8. The number of hydrogen-bond donors (Lipinski definition) is 1. The fourth-order valence-corrected chi connectivity index (χ4v) is 1.58. The van der Waals surface area contributed by atoms with E-state index in [2.05, 4.69) is 5.10 Å². The van der Waals surface area contributed by atoms with Gasteiger partial charge in [-0.15, -0.1) is 0 Å². The van der Waals surface area contributed by atoms with Crippen LogP contribution in [0.3, 0.4) is 0 Å². The summed E-state index contributed by atoms with van der Waals surface area (Å²) in [7, 11) is 0. The molecule has 1 unspecified atom stereocenters. The molecule has 13 heavy (non-hydrogen) atoms. The number of aliphatic hydroxyl groups is 1. The van der Waals surface area contributed by atoms with Crippen molar-refractivity contribution in [2.24, 2.45) is 0 Å². The predicted octanol–water partition coefficient (Wildman–Crippen LogP) is 1.69. The second kappa shape index (κ2) is 5.29. The van der Waals surface area contributed by atoms with E-state index >= 15 is 0 Å². The van der Waals surface area contributed by atoms with Crippen LogP contribution in [0.4, 0.5) is 0 Å². The highest BCUT2D eigenvalue weighted by Crippen LogP contribution is 2.17. The summed E-state index contributed by atoms with van der Waals surface area (Å²) in [6, 6.07) is 0. The van der Waals surface area contributed by atoms with Gasteiger partial charge in [0.25, 0.3) is 0 Å². The monoisotopic (exact) mass is 200 g/mol. The van der Waals surface area contributed by atoms with Crippen LogP contribution >= 0.6 is 11.8 Å². The van der Waals surface area contributed by atoms with E-state index in [1.165, 1.54) is 0 Å². The lowest BCUT2D eigenvalue weighted by Gasteiger charge is -2.05. The summed E-state index contributed by atoms with van der Waals surface area (Å²) >= 11 is 1.75. The van der Waals surface area contributed by atoms with Crippen LogP contribution in [0.5, 0.6) is 0 Å². The van der Waals surface area contributed by atoms with Crippen molar-refractivity contribution in [3.8, 4) is 0 Å². The van der Waals surface area contributed by atoms with Crippen molar-refractivity contribution in [1.29, 1.82) is 0 Å². The zero-order chi connectivity index (χ0) is 9.68. The molecule has 1 heterocycles. The third kappa shape index (κ3) is 3.04. The van der Waals surface area contributed by atoms with E-state index in [4.69, 9.17) is 0 Å². The molecule has 0 aliphatic heterocycles. The maximum absolute atomic E-state index is 9.69. The molecule has 1 aromatic rings. The molecule has 0 saturated carbocycles. The van der Waals surface area contributed by atoms with E-state index in [0.29, 0.717) is 0 Å². The molecule has 0 spiro atoms. The van der Waals surface area contributed by atoms with Gasteiger partial charge in [-0.05, 0) is 25.4 Å². The van der Waals surface area contributed by atoms with Crippen molar-refractivity contribution in [3.63, 3.8) is 0 Å². The minimum absolute atomic E-state index is 0.354. The molecule has 1 atom stereocenters. The fraction of sp³-hybridized carbons (Fsp3) is 0.667. The summed E-state index contributed by atoms with van der Waals surface area (Å²) in [6.45, 7) is 2.89. The lowest BCUT2D eigenvalue weighted by molar-refractivity contribution is 0.175. The van der Waals surface area contributed by atoms with Gasteiger partial charge in [0.1, 0.15) is 0 Å². The molecule has 0 aromatic carbocycles. The number of aliphatic hydroxyl groups excluding tert-OH is 1. The Morgan fingerprint density at radius 3 is 3.00 bits per heavy atom. The van der Waals surface area contributed by atoms with Gasteiger partial charge in [-0.2, -0.15) is 16.9 Å². The van der Waals surface area contributed by atoms with E-state index < -0.39 is 0 Å². The molecule has 0 aliphatic carbocycles. The van der Waals surface area contributed by atoms with Crippen LogP contribution in [0.15, 0.2) is 12.4 Å². The lowest BCUT2D eigenvalue weighted by Crippen LogP contribution is -1.98. The minimum Gasteiger partial charge on any atom is -0.388 e. The van der Waals surface area contributed by atoms with Crippen LogP contribution in [-0.4, -0.2) is 26.9 Å². The highest BCUT2D eigenvalue weighted by atomic mass is 32.2. The molecule has 74 valence electrons. The maximum Gasteiger partial charge on any atom is 0.0828 e. The summed E-state index contributed by atoms with van der Waals surface area (Å²) < 4.78 is 1.83. The number of rotatable bonds is 5. The average Bonchev–Trinajstić information content (AvgIpc) is 2.62. The predicted molar refractivity (Wildman–Crippen MR) is 55.9 cm³/mol. The van der Waals surface area contributed by atoms with E-state index in [1.807, 2.05) is 24.1 Å². The fourth-order valence-electron chi connectivity index (χ4n) is 1.12. The second-order valence-corrected chi connectivity index (χ2v) is 3.91. The smallest absolute Gasteiger partial charge is 0.0828 e. The molecular weight excluding hydrogens is 184 g/mol. The number of hydrogen-bond acceptors (Lipinski definition) is 3. The Morgan fingerprint density at radius 1 is 1.69 bits per heavy atom. The Balaban J connectivity index is 2.50. The van der Waals surface area contributed by atoms with E-state index in [1.54, 1.807) is 18.0 Å². The summed E-state index contributed by atoms with van der Waals surface area (Å²) in [6.07, 6.45) is 6.14. The van der Waals surface area contributed by atoms with Gasteiger partial charge < -0.3 is 5.11 Å². The molecule has 0 amide bonds. The summed E-state index contributed by atoms with van der Waals surface area (Å²) in [4.78, 5) is 0. The Kier molecular flexibility index (Phi) is 4.32. The third-order valence-corrected chi connectivity index (χ3v) is 2.60. The molecular formula is C9H16N2OS. The van der Waals surface area contributed by atoms with Gasteiger partial charge in [0.05, 0.1) is 12.3 Å². The van der Waals surface area contributed by atoms with Gasteiger partial charge in [0.2, 0.25) is 0 Å². The van der Waals surface area contributed by atoms with Crippen LogP contribution in [0, 0.1) is 0 Å². The number of thioether (sulfide) groups is 1. The normalized spacial score (nSPS) is 13.2. The largest absolute Gasteiger partial charge is 0.388 e. The molecule has 0 radical (unpaired) electrons. The minimum atomic E-state index is -0.354. The zero-order valence-electron chi connectivity index (χ0n) is 8.10. The molecule has 1 rings (SSSR count). The van der Waals surface area contributed by atoms with Gasteiger partial charge in [-0.3, -0.25) is 4.68 Å². The van der Waals surface area contributed by atoms with Crippen molar-refractivity contribution in [2.45, 2.75) is 26.0 Å². The average molecular weight is 200 g/mol. The zero-order valence-corrected chi connectivity index (χ0v) is 8.92. The van der Waals surface area contributed by atoms with Crippen LogP contribution < -0.4 is 0 Å². The first-order chi connectivity index (χ1) is 6.27. The molecule has 0 saturated heterocycles. The third-order valence-electron chi connectivity index (χ3n) is 1.96. The quantitative estimate of drug-likeness (QED) is 0.786. The second-order valence-electron chi connectivity index (χ2n) is 2.93. The SMILES string of the molecule is CCn1cc(C(O)CCSC)cn1. The van der Waals surface area contributed by atoms with Crippen LogP contribution in [0.1, 0.15) is 25.0 Å². The summed E-state index contributed by atoms with van der Waals surface area (Å²) in [5.74, 6) is 0.985. The highest BCUT2D eigenvalue weighted by molar-refractivity contribution is 7.98. The number of aromatic nitrogens is 2. The van der Waals surface area contributed by atoms with E-state index in [9.17, 15) is 5.11 Å². The van der Waals surface area contributed by atoms with Crippen molar-refractivity contribution in [1.82, 2.24) is 9.78 Å². The van der Waals surface area contributed by atoms with E-state index in [0.717, 1.165) is 24.3 Å². The van der Waals surface area contributed by atoms with Crippen molar-refractivity contribution in [3.05, 3.63) is 18.0 Å². The van der Waals surface area contributed by atoms with Gasteiger partial charge in [0, 0.05) is 18.3 Å². The van der Waals surface area contributed by atoms with Crippen LogP contribution in [-0.2, 0) is 6.54 Å². The van der Waals surface area contributed by atoms with Gasteiger partial charge in [0.15, 0.2) is 0 Å². The molecule has 3 nitrogen and oxygen atoms in total. The van der Waals surface area contributed by atoms with Crippen LogP contribution in [0.25, 0.3) is 0 Å². The first-order valence-electron chi connectivity index (χ1n) is 4.47. The standard InChI is InChI=1S/C9H16N2OS/c1-3-11-7-8(6-10-11)9(12)4-5-13-2/h6-7,9,12H,3-5H2,1-2H3. The van der Waals surface area contributed by atoms with Gasteiger partial charge in [-0.25, -0.2) is 0 Å². The van der Waals surface area contributed by atoms with E-state index in [-0.39, 0.29) is 6.10 Å². The molecule has 1 N–H and O–H groups in total. The van der Waals surface area contributed by atoms with Crippen molar-refractivity contribution < 1.29 is 5.11 Å². The first-order valence-corrected chi connectivity index (χ1v) is 5.86. The molecule has 4 heteroatoms. The first kappa shape index (κ1) is 10.6. The number of nitrogens with zero attached hydrogens (tertiary/aromatic N) is 2. The Bertz CT molecular complexity index is 250. The topological polar surface area (TPSA) is 38.0 Å². The van der Waals surface area contributed by atoms with Gasteiger partial charge >= 0.3 is 0 Å². The Hall–Kier alpha value is -0.480. The van der Waals surface area contributed by atoms with Crippen molar-refractivity contribution in [2.75, 3.05) is 12.0 Å².